The van der Waals surface area contributed by atoms with E-state index in [-0.39, 0.29) is 27.8 Å². The third-order valence-electron chi connectivity index (χ3n) is 3.37. The molecule has 7 nitrogen and oxygen atoms in total. The maximum absolute atomic E-state index is 14.1. The van der Waals surface area contributed by atoms with Crippen LogP contribution in [0.3, 0.4) is 0 Å². The van der Waals surface area contributed by atoms with Crippen molar-refractivity contribution in [3.63, 3.8) is 0 Å². The zero-order chi connectivity index (χ0) is 17.4. The van der Waals surface area contributed by atoms with Gasteiger partial charge < -0.3 is 15.6 Å². The van der Waals surface area contributed by atoms with Gasteiger partial charge in [-0.1, -0.05) is 11.6 Å². The van der Waals surface area contributed by atoms with Crippen molar-refractivity contribution in [2.24, 2.45) is 12.8 Å². The van der Waals surface area contributed by atoms with Gasteiger partial charge in [-0.05, 0) is 12.1 Å². The number of primary amides is 1. The summed E-state index contributed by atoms with van der Waals surface area (Å²) in [7, 11) is 1.74. The van der Waals surface area contributed by atoms with Gasteiger partial charge in [-0.15, -0.1) is 0 Å². The molecule has 1 amide bonds. The topological polar surface area (TPSA) is 110 Å². The normalized spacial score (nSPS) is 10.6. The van der Waals surface area contributed by atoms with Crippen molar-refractivity contribution in [2.45, 2.75) is 0 Å². The van der Waals surface area contributed by atoms with E-state index in [0.717, 1.165) is 6.07 Å². The maximum Gasteiger partial charge on any atom is 0.269 e. The molecule has 9 heteroatoms. The molecule has 0 fully saturated rings. The number of nitrogens with zero attached hydrogens (tertiary/aromatic N) is 4. The highest BCUT2D eigenvalue weighted by molar-refractivity contribution is 6.33. The third-order valence-corrected chi connectivity index (χ3v) is 3.67. The summed E-state index contributed by atoms with van der Waals surface area (Å²) in [6.45, 7) is 0. The van der Waals surface area contributed by atoms with Crippen molar-refractivity contribution in [2.75, 3.05) is 5.32 Å². The van der Waals surface area contributed by atoms with Crippen LogP contribution in [-0.2, 0) is 7.05 Å². The molecular weight excluding hydrogens is 335 g/mol. The highest BCUT2D eigenvalue weighted by Crippen LogP contribution is 2.30. The quantitative estimate of drug-likeness (QED) is 0.758. The predicted molar refractivity (Wildman–Crippen MR) is 86.4 cm³/mol. The number of fused-ring (bicyclic) bond motifs is 1. The molecule has 0 spiro atoms. The minimum Gasteiger partial charge on any atom is -0.364 e. The van der Waals surface area contributed by atoms with E-state index < -0.39 is 11.7 Å². The fourth-order valence-electron chi connectivity index (χ4n) is 2.25. The Kier molecular flexibility index (Phi) is 3.79. The molecule has 2 heterocycles. The minimum atomic E-state index is -0.756. The minimum absolute atomic E-state index is 0.0130. The van der Waals surface area contributed by atoms with Crippen molar-refractivity contribution in [1.82, 2.24) is 14.5 Å². The first-order valence-corrected chi connectivity index (χ1v) is 7.06. The SMILES string of the molecule is Cn1cnc2c(C(N)=O)nc(Nc3c(F)cc(C#N)cc3Cl)cc21. The Labute approximate surface area is 140 Å². The molecule has 2 aromatic heterocycles. The van der Waals surface area contributed by atoms with E-state index >= 15 is 0 Å². The van der Waals surface area contributed by atoms with Crippen LogP contribution in [0, 0.1) is 17.1 Å². The lowest BCUT2D eigenvalue weighted by Crippen LogP contribution is -2.15. The second-order valence-corrected chi connectivity index (χ2v) is 5.40. The van der Waals surface area contributed by atoms with Gasteiger partial charge in [0.1, 0.15) is 17.2 Å². The lowest BCUT2D eigenvalue weighted by atomic mass is 10.2. The zero-order valence-electron chi connectivity index (χ0n) is 12.3. The van der Waals surface area contributed by atoms with Crippen LogP contribution in [0.1, 0.15) is 16.1 Å². The number of hydrogen-bond donors (Lipinski definition) is 2. The van der Waals surface area contributed by atoms with E-state index in [1.54, 1.807) is 17.7 Å². The third kappa shape index (κ3) is 2.61. The molecule has 0 unspecified atom stereocenters. The number of pyridine rings is 1. The number of rotatable bonds is 3. The van der Waals surface area contributed by atoms with Crippen molar-refractivity contribution in [1.29, 1.82) is 5.26 Å². The number of carbonyl (C=O) groups excluding carboxylic acids is 1. The fraction of sp³-hybridized carbons (Fsp3) is 0.0667. The van der Waals surface area contributed by atoms with Crippen LogP contribution in [-0.4, -0.2) is 20.4 Å². The molecule has 120 valence electrons. The molecule has 0 aliphatic rings. The maximum atomic E-state index is 14.1. The van der Waals surface area contributed by atoms with E-state index in [0.29, 0.717) is 11.0 Å². The van der Waals surface area contributed by atoms with E-state index in [4.69, 9.17) is 22.6 Å². The van der Waals surface area contributed by atoms with Crippen LogP contribution in [0.5, 0.6) is 0 Å². The Morgan fingerprint density at radius 2 is 2.21 bits per heavy atom. The van der Waals surface area contributed by atoms with Gasteiger partial charge in [0.05, 0.1) is 34.2 Å². The van der Waals surface area contributed by atoms with Crippen molar-refractivity contribution < 1.29 is 9.18 Å². The number of carbonyl (C=O) groups is 1. The van der Waals surface area contributed by atoms with Crippen molar-refractivity contribution in [3.8, 4) is 6.07 Å². The number of nitriles is 1. The lowest BCUT2D eigenvalue weighted by Gasteiger charge is -2.11. The summed E-state index contributed by atoms with van der Waals surface area (Å²) in [5, 5.41) is 11.6. The van der Waals surface area contributed by atoms with Gasteiger partial charge in [0.25, 0.3) is 5.91 Å². The van der Waals surface area contributed by atoms with Gasteiger partial charge in [-0.3, -0.25) is 4.79 Å². The number of hydrogen-bond acceptors (Lipinski definition) is 5. The Balaban J connectivity index is 2.13. The number of nitrogens with one attached hydrogen (secondary N) is 1. The van der Waals surface area contributed by atoms with Crippen LogP contribution in [0.4, 0.5) is 15.9 Å². The summed E-state index contributed by atoms with van der Waals surface area (Å²) in [6.07, 6.45) is 1.51. The van der Waals surface area contributed by atoms with Crippen LogP contribution in [0.2, 0.25) is 5.02 Å². The van der Waals surface area contributed by atoms with Crippen LogP contribution < -0.4 is 11.1 Å². The molecule has 0 saturated carbocycles. The van der Waals surface area contributed by atoms with Gasteiger partial charge >= 0.3 is 0 Å². The molecule has 0 bridgehead atoms. The molecule has 0 saturated heterocycles. The monoisotopic (exact) mass is 344 g/mol. The number of amides is 1. The zero-order valence-corrected chi connectivity index (χ0v) is 13.1. The average molecular weight is 345 g/mol. The Morgan fingerprint density at radius 3 is 2.83 bits per heavy atom. The number of aryl methyl sites for hydroxylation is 1. The second kappa shape index (κ2) is 5.79. The summed E-state index contributed by atoms with van der Waals surface area (Å²) < 4.78 is 15.8. The lowest BCUT2D eigenvalue weighted by molar-refractivity contribution is 0.0997. The first-order chi connectivity index (χ1) is 11.4. The summed E-state index contributed by atoms with van der Waals surface area (Å²) in [5.41, 5.74) is 6.27. The van der Waals surface area contributed by atoms with Crippen LogP contribution in [0.15, 0.2) is 24.5 Å². The molecule has 0 radical (unpaired) electrons. The van der Waals surface area contributed by atoms with Crippen LogP contribution in [0.25, 0.3) is 11.0 Å². The van der Waals surface area contributed by atoms with Crippen molar-refractivity contribution in [3.05, 3.63) is 46.6 Å². The standard InChI is InChI=1S/C15H10ClFN6O/c1-23-6-20-13-10(23)4-11(22-14(13)15(19)24)21-12-8(16)2-7(5-18)3-9(12)17/h2-4,6H,1H3,(H2,19,24)(H,21,22). The molecule has 3 aromatic rings. The highest BCUT2D eigenvalue weighted by atomic mass is 35.5. The van der Waals surface area contributed by atoms with E-state index in [1.165, 1.54) is 12.4 Å². The van der Waals surface area contributed by atoms with E-state index in [9.17, 15) is 9.18 Å². The molecule has 0 aliphatic heterocycles. The van der Waals surface area contributed by atoms with Gasteiger partial charge in [0.15, 0.2) is 5.69 Å². The number of halogens is 2. The molecule has 3 N–H and O–H groups in total. The Morgan fingerprint density at radius 1 is 1.46 bits per heavy atom. The summed E-state index contributed by atoms with van der Waals surface area (Å²) >= 11 is 6.00. The van der Waals surface area contributed by atoms with Gasteiger partial charge in [-0.2, -0.15) is 5.26 Å². The number of imidazole rings is 1. The Bertz CT molecular complexity index is 1000. The molecule has 1 aromatic carbocycles. The number of nitrogens with two attached hydrogens (primary N) is 1. The smallest absolute Gasteiger partial charge is 0.269 e. The van der Waals surface area contributed by atoms with Gasteiger partial charge in [0, 0.05) is 13.1 Å². The van der Waals surface area contributed by atoms with E-state index in [1.807, 2.05) is 6.07 Å². The van der Waals surface area contributed by atoms with E-state index in [2.05, 4.69) is 15.3 Å². The number of benzene rings is 1. The molecular formula is C15H10ClFN6O. The summed E-state index contributed by atoms with van der Waals surface area (Å²) in [5.74, 6) is -1.30. The Hall–Kier alpha value is -3.18. The molecule has 24 heavy (non-hydrogen) atoms. The first-order valence-electron chi connectivity index (χ1n) is 6.68. The molecule has 3 rings (SSSR count). The number of anilines is 2. The first kappa shape index (κ1) is 15.7. The average Bonchev–Trinajstić information content (AvgIpc) is 2.91. The summed E-state index contributed by atoms with van der Waals surface area (Å²) in [4.78, 5) is 19.8. The largest absolute Gasteiger partial charge is 0.364 e. The highest BCUT2D eigenvalue weighted by Gasteiger charge is 2.17. The van der Waals surface area contributed by atoms with Gasteiger partial charge in [0.2, 0.25) is 0 Å². The summed E-state index contributed by atoms with van der Waals surface area (Å²) in [6, 6.07) is 5.77. The van der Waals surface area contributed by atoms with Crippen molar-refractivity contribution >= 4 is 40.0 Å². The fourth-order valence-corrected chi connectivity index (χ4v) is 2.50. The number of aromatic nitrogens is 3. The molecule has 0 atom stereocenters. The predicted octanol–water partition coefficient (Wildman–Crippen LogP) is 2.47. The molecule has 0 aliphatic carbocycles. The van der Waals surface area contributed by atoms with Crippen LogP contribution >= 0.6 is 11.6 Å². The second-order valence-electron chi connectivity index (χ2n) is 5.00. The van der Waals surface area contributed by atoms with Gasteiger partial charge in [-0.25, -0.2) is 14.4 Å².